The summed E-state index contributed by atoms with van der Waals surface area (Å²) in [5.41, 5.74) is -0.463. The molecule has 2 aliphatic rings. The largest absolute Gasteiger partial charge is 0.444 e. The van der Waals surface area contributed by atoms with Crippen molar-refractivity contribution in [1.29, 1.82) is 0 Å². The zero-order valence-corrected chi connectivity index (χ0v) is 13.2. The Hall–Kier alpha value is -0.880. The van der Waals surface area contributed by atoms with Gasteiger partial charge in [-0.1, -0.05) is 0 Å². The third-order valence-corrected chi connectivity index (χ3v) is 3.88. The Kier molecular flexibility index (Phi) is 5.43. The van der Waals surface area contributed by atoms with E-state index in [1.165, 1.54) is 0 Å². The number of alkyl halides is 1. The number of amides is 1. The first kappa shape index (κ1) is 16.5. The first-order valence-electron chi connectivity index (χ1n) is 7.81. The highest BCUT2D eigenvalue weighted by molar-refractivity contribution is 5.68. The topological polar surface area (TPSA) is 50.8 Å². The van der Waals surface area contributed by atoms with Gasteiger partial charge in [0.05, 0.1) is 6.61 Å². The van der Waals surface area contributed by atoms with Crippen molar-refractivity contribution < 1.29 is 18.7 Å². The monoisotopic (exact) mass is 302 g/mol. The number of hydrogen-bond donors (Lipinski definition) is 1. The number of likely N-dealkylation sites (tertiary alicyclic amines) is 1. The Morgan fingerprint density at radius 2 is 1.95 bits per heavy atom. The molecule has 0 bridgehead atoms. The molecule has 0 aromatic carbocycles. The van der Waals surface area contributed by atoms with Crippen LogP contribution in [-0.4, -0.2) is 61.2 Å². The Morgan fingerprint density at radius 1 is 1.29 bits per heavy atom. The van der Waals surface area contributed by atoms with Gasteiger partial charge in [-0.15, -0.1) is 0 Å². The first-order valence-corrected chi connectivity index (χ1v) is 7.81. The number of rotatable bonds is 2. The fraction of sp³-hybridized carbons (Fsp3) is 0.933. The summed E-state index contributed by atoms with van der Waals surface area (Å²) in [5.74, 6) is 0. The van der Waals surface area contributed by atoms with Gasteiger partial charge in [0, 0.05) is 31.8 Å². The van der Waals surface area contributed by atoms with Crippen molar-refractivity contribution in [3.8, 4) is 0 Å². The van der Waals surface area contributed by atoms with Crippen LogP contribution < -0.4 is 5.32 Å². The molecule has 2 saturated heterocycles. The molecule has 2 heterocycles. The zero-order valence-electron chi connectivity index (χ0n) is 13.2. The number of ether oxygens (including phenoxy) is 2. The van der Waals surface area contributed by atoms with Crippen molar-refractivity contribution in [2.75, 3.05) is 26.3 Å². The third-order valence-electron chi connectivity index (χ3n) is 3.88. The van der Waals surface area contributed by atoms with Crippen LogP contribution in [0.25, 0.3) is 0 Å². The van der Waals surface area contributed by atoms with E-state index in [1.54, 1.807) is 4.90 Å². The molecule has 1 amide bonds. The normalized spacial score (nSPS) is 28.5. The van der Waals surface area contributed by atoms with E-state index >= 15 is 0 Å². The van der Waals surface area contributed by atoms with Crippen molar-refractivity contribution in [3.05, 3.63) is 0 Å². The molecule has 5 nitrogen and oxygen atoms in total. The Bertz CT molecular complexity index is 351. The molecule has 0 spiro atoms. The van der Waals surface area contributed by atoms with Crippen LogP contribution in [0.4, 0.5) is 9.18 Å². The highest BCUT2D eigenvalue weighted by Crippen LogP contribution is 2.18. The molecular formula is C15H27FN2O3. The molecule has 6 heteroatoms. The molecule has 122 valence electrons. The summed E-state index contributed by atoms with van der Waals surface area (Å²) in [7, 11) is 0. The van der Waals surface area contributed by atoms with Crippen LogP contribution in [0.15, 0.2) is 0 Å². The van der Waals surface area contributed by atoms with Crippen LogP contribution in [-0.2, 0) is 9.47 Å². The number of hydrogen-bond acceptors (Lipinski definition) is 4. The van der Waals surface area contributed by atoms with Crippen LogP contribution in [0.2, 0.25) is 0 Å². The maximum atomic E-state index is 13.7. The predicted molar refractivity (Wildman–Crippen MR) is 78.1 cm³/mol. The fourth-order valence-electron chi connectivity index (χ4n) is 2.75. The summed E-state index contributed by atoms with van der Waals surface area (Å²) in [6.07, 6.45) is 1.21. The SMILES string of the molecule is CC(C)(C)OC(=O)N1CCC(N[C@@H]2CCOCC2F)CC1. The van der Waals surface area contributed by atoms with Gasteiger partial charge in [0.2, 0.25) is 0 Å². The van der Waals surface area contributed by atoms with Gasteiger partial charge in [0.15, 0.2) is 0 Å². The van der Waals surface area contributed by atoms with Crippen LogP contribution in [0.3, 0.4) is 0 Å². The molecule has 2 rings (SSSR count). The molecule has 0 aliphatic carbocycles. The van der Waals surface area contributed by atoms with E-state index in [-0.39, 0.29) is 24.8 Å². The average Bonchev–Trinajstić information content (AvgIpc) is 2.40. The average molecular weight is 302 g/mol. The quantitative estimate of drug-likeness (QED) is 0.849. The number of carbonyl (C=O) groups excluding carboxylic acids is 1. The summed E-state index contributed by atoms with van der Waals surface area (Å²) in [6.45, 7) is 7.73. The van der Waals surface area contributed by atoms with Crippen LogP contribution in [0, 0.1) is 0 Å². The second-order valence-corrected chi connectivity index (χ2v) is 6.89. The van der Waals surface area contributed by atoms with Crippen molar-refractivity contribution in [2.24, 2.45) is 0 Å². The Morgan fingerprint density at radius 3 is 2.52 bits per heavy atom. The molecule has 2 aliphatic heterocycles. The smallest absolute Gasteiger partial charge is 0.410 e. The van der Waals surface area contributed by atoms with Crippen molar-refractivity contribution in [1.82, 2.24) is 10.2 Å². The molecule has 0 aromatic heterocycles. The first-order chi connectivity index (χ1) is 9.85. The summed E-state index contributed by atoms with van der Waals surface area (Å²) < 4.78 is 24.2. The minimum absolute atomic E-state index is 0.114. The lowest BCUT2D eigenvalue weighted by molar-refractivity contribution is 0.00435. The molecule has 0 aromatic rings. The van der Waals surface area contributed by atoms with Gasteiger partial charge < -0.3 is 19.7 Å². The van der Waals surface area contributed by atoms with E-state index in [4.69, 9.17) is 9.47 Å². The number of piperidine rings is 1. The van der Waals surface area contributed by atoms with E-state index in [0.29, 0.717) is 26.1 Å². The molecule has 2 fully saturated rings. The standard InChI is InChI=1S/C15H27FN2O3/c1-15(2,3)21-14(19)18-7-4-11(5-8-18)17-13-6-9-20-10-12(13)16/h11-13,17H,4-10H2,1-3H3/t12?,13-/m1/s1. The molecule has 1 N–H and O–H groups in total. The second kappa shape index (κ2) is 6.92. The molecule has 0 saturated carbocycles. The lowest BCUT2D eigenvalue weighted by Crippen LogP contribution is -2.52. The highest BCUT2D eigenvalue weighted by atomic mass is 19.1. The highest BCUT2D eigenvalue weighted by Gasteiger charge is 2.31. The van der Waals surface area contributed by atoms with Crippen LogP contribution in [0.1, 0.15) is 40.0 Å². The van der Waals surface area contributed by atoms with Gasteiger partial charge >= 0.3 is 6.09 Å². The minimum atomic E-state index is -0.928. The van der Waals surface area contributed by atoms with Gasteiger partial charge in [0.25, 0.3) is 0 Å². The lowest BCUT2D eigenvalue weighted by Gasteiger charge is -2.37. The van der Waals surface area contributed by atoms with Crippen LogP contribution in [0.5, 0.6) is 0 Å². The zero-order chi connectivity index (χ0) is 15.5. The van der Waals surface area contributed by atoms with Gasteiger partial charge in [-0.25, -0.2) is 9.18 Å². The Labute approximate surface area is 126 Å². The summed E-state index contributed by atoms with van der Waals surface area (Å²) in [5, 5.41) is 3.38. The van der Waals surface area contributed by atoms with Crippen molar-refractivity contribution in [2.45, 2.75) is 63.9 Å². The van der Waals surface area contributed by atoms with E-state index in [2.05, 4.69) is 5.32 Å². The van der Waals surface area contributed by atoms with Gasteiger partial charge in [0.1, 0.15) is 11.8 Å². The lowest BCUT2D eigenvalue weighted by atomic mass is 10.0. The second-order valence-electron chi connectivity index (χ2n) is 6.89. The number of halogens is 1. The van der Waals surface area contributed by atoms with E-state index in [1.807, 2.05) is 20.8 Å². The predicted octanol–water partition coefficient (Wildman–Crippen LogP) is 2.10. The van der Waals surface area contributed by atoms with E-state index in [0.717, 1.165) is 12.8 Å². The van der Waals surface area contributed by atoms with Crippen LogP contribution >= 0.6 is 0 Å². The maximum absolute atomic E-state index is 13.7. The third kappa shape index (κ3) is 5.11. The van der Waals surface area contributed by atoms with Gasteiger partial charge in [-0.05, 0) is 40.0 Å². The molecule has 0 radical (unpaired) electrons. The summed E-state index contributed by atoms with van der Waals surface area (Å²) in [6, 6.07) is 0.155. The molecular weight excluding hydrogens is 275 g/mol. The Balaban J connectivity index is 1.74. The molecule has 1 unspecified atom stereocenters. The molecule has 2 atom stereocenters. The molecule has 21 heavy (non-hydrogen) atoms. The van der Waals surface area contributed by atoms with Gasteiger partial charge in [-0.3, -0.25) is 0 Å². The van der Waals surface area contributed by atoms with Gasteiger partial charge in [-0.2, -0.15) is 0 Å². The summed E-state index contributed by atoms with van der Waals surface area (Å²) >= 11 is 0. The fourth-order valence-corrected chi connectivity index (χ4v) is 2.75. The number of nitrogens with zero attached hydrogens (tertiary/aromatic N) is 1. The maximum Gasteiger partial charge on any atom is 0.410 e. The van der Waals surface area contributed by atoms with Crippen molar-refractivity contribution >= 4 is 6.09 Å². The van der Waals surface area contributed by atoms with Crippen molar-refractivity contribution in [3.63, 3.8) is 0 Å². The number of carbonyl (C=O) groups is 1. The van der Waals surface area contributed by atoms with E-state index in [9.17, 15) is 9.18 Å². The minimum Gasteiger partial charge on any atom is -0.444 e. The number of nitrogens with one attached hydrogen (secondary N) is 1. The summed E-state index contributed by atoms with van der Waals surface area (Å²) in [4.78, 5) is 13.7. The van der Waals surface area contributed by atoms with E-state index < -0.39 is 11.8 Å².